The third-order valence-corrected chi connectivity index (χ3v) is 5.45. The fourth-order valence-corrected chi connectivity index (χ4v) is 3.97. The fourth-order valence-electron chi connectivity index (χ4n) is 2.16. The van der Waals surface area contributed by atoms with Crippen LogP contribution in [0.4, 0.5) is 5.69 Å². The zero-order valence-electron chi connectivity index (χ0n) is 13.7. The van der Waals surface area contributed by atoms with Gasteiger partial charge >= 0.3 is 0 Å². The molecule has 0 aliphatic carbocycles. The molecule has 0 radical (unpaired) electrons. The number of carbonyl (C=O) groups is 1. The van der Waals surface area contributed by atoms with Gasteiger partial charge in [-0.3, -0.25) is 9.52 Å². The van der Waals surface area contributed by atoms with Crippen molar-refractivity contribution >= 4 is 44.8 Å². The average molecular weight is 423 g/mol. The van der Waals surface area contributed by atoms with Gasteiger partial charge in [-0.1, -0.05) is 29.3 Å². The smallest absolute Gasteiger partial charge is 0.263 e. The van der Waals surface area contributed by atoms with Gasteiger partial charge in [-0.05, 0) is 36.4 Å². The Morgan fingerprint density at radius 3 is 2.37 bits per heavy atom. The Kier molecular flexibility index (Phi) is 6.65. The number of carbonyl (C=O) groups excluding carboxylic acids is 1. The quantitative estimate of drug-likeness (QED) is 0.717. The minimum absolute atomic E-state index is 0.00616. The molecule has 2 aromatic carbocycles. The standard InChI is InChI=1S/C17H12Cl2N4O3S/c18-13-4-5-15(19)16(11-13)27(25,26)22-14-3-1-2-12(10-14)17(24)23(8-6-20)9-7-21/h1-5,10-11,22H,8-9H2. The number of rotatable bonds is 6. The molecule has 0 bridgehead atoms. The number of halogens is 2. The molecule has 0 saturated carbocycles. The van der Waals surface area contributed by atoms with Gasteiger partial charge in [0.2, 0.25) is 0 Å². The summed E-state index contributed by atoms with van der Waals surface area (Å²) in [4.78, 5) is 13.3. The molecule has 2 aromatic rings. The van der Waals surface area contributed by atoms with Gasteiger partial charge in [0.15, 0.2) is 0 Å². The minimum atomic E-state index is -4.05. The Morgan fingerprint density at radius 1 is 1.07 bits per heavy atom. The number of nitrogens with zero attached hydrogens (tertiary/aromatic N) is 3. The molecule has 2 rings (SSSR count). The van der Waals surface area contributed by atoms with Crippen LogP contribution in [0.15, 0.2) is 47.4 Å². The molecule has 1 amide bonds. The van der Waals surface area contributed by atoms with E-state index in [1.54, 1.807) is 12.1 Å². The number of nitrogens with one attached hydrogen (secondary N) is 1. The molecule has 0 aliphatic heterocycles. The summed E-state index contributed by atoms with van der Waals surface area (Å²) in [6.45, 7) is -0.527. The van der Waals surface area contributed by atoms with E-state index < -0.39 is 15.9 Å². The summed E-state index contributed by atoms with van der Waals surface area (Å²) in [5.41, 5.74) is 0.239. The van der Waals surface area contributed by atoms with E-state index in [9.17, 15) is 13.2 Å². The Balaban J connectivity index is 2.32. The highest BCUT2D eigenvalue weighted by atomic mass is 35.5. The number of nitriles is 2. The second-order valence-electron chi connectivity index (χ2n) is 5.24. The van der Waals surface area contributed by atoms with Crippen molar-refractivity contribution in [1.29, 1.82) is 10.5 Å². The highest BCUT2D eigenvalue weighted by Gasteiger charge is 2.20. The summed E-state index contributed by atoms with van der Waals surface area (Å²) in [5.74, 6) is -0.570. The van der Waals surface area contributed by atoms with Crippen LogP contribution in [-0.4, -0.2) is 32.3 Å². The van der Waals surface area contributed by atoms with Crippen LogP contribution in [0.5, 0.6) is 0 Å². The lowest BCUT2D eigenvalue weighted by Gasteiger charge is -2.16. The van der Waals surface area contributed by atoms with E-state index in [0.29, 0.717) is 0 Å². The summed E-state index contributed by atoms with van der Waals surface area (Å²) in [7, 11) is -4.05. The maximum atomic E-state index is 12.6. The molecule has 0 heterocycles. The number of hydrogen-bond donors (Lipinski definition) is 1. The zero-order chi connectivity index (χ0) is 20.0. The van der Waals surface area contributed by atoms with Crippen molar-refractivity contribution in [2.45, 2.75) is 4.90 Å². The van der Waals surface area contributed by atoms with Gasteiger partial charge in [-0.25, -0.2) is 8.42 Å². The summed E-state index contributed by atoms with van der Waals surface area (Å²) >= 11 is 11.8. The minimum Gasteiger partial charge on any atom is -0.312 e. The van der Waals surface area contributed by atoms with Gasteiger partial charge in [-0.15, -0.1) is 0 Å². The first-order valence-electron chi connectivity index (χ1n) is 7.39. The topological polar surface area (TPSA) is 114 Å². The predicted octanol–water partition coefficient (Wildman–Crippen LogP) is 3.28. The van der Waals surface area contributed by atoms with E-state index in [0.717, 1.165) is 4.90 Å². The van der Waals surface area contributed by atoms with Crippen LogP contribution in [-0.2, 0) is 10.0 Å². The number of sulfonamides is 1. The summed E-state index contributed by atoms with van der Waals surface area (Å²) < 4.78 is 27.4. The van der Waals surface area contributed by atoms with E-state index in [1.807, 2.05) is 0 Å². The first-order chi connectivity index (χ1) is 12.8. The summed E-state index contributed by atoms with van der Waals surface area (Å²) in [5, 5.41) is 17.7. The van der Waals surface area contributed by atoms with Crippen LogP contribution in [0.1, 0.15) is 10.4 Å². The summed E-state index contributed by atoms with van der Waals surface area (Å²) in [6.07, 6.45) is 0. The number of benzene rings is 2. The van der Waals surface area contributed by atoms with Crippen molar-refractivity contribution in [3.05, 3.63) is 58.1 Å². The highest BCUT2D eigenvalue weighted by Crippen LogP contribution is 2.27. The van der Waals surface area contributed by atoms with Crippen molar-refractivity contribution in [2.75, 3.05) is 17.8 Å². The SMILES string of the molecule is N#CCN(CC#N)C(=O)c1cccc(NS(=O)(=O)c2cc(Cl)ccc2Cl)c1. The molecule has 1 N–H and O–H groups in total. The zero-order valence-corrected chi connectivity index (χ0v) is 16.0. The molecule has 0 aliphatic rings. The molecule has 0 aromatic heterocycles. The van der Waals surface area contributed by atoms with E-state index in [-0.39, 0.29) is 39.3 Å². The van der Waals surface area contributed by atoms with Crippen LogP contribution >= 0.6 is 23.2 Å². The van der Waals surface area contributed by atoms with E-state index >= 15 is 0 Å². The van der Waals surface area contributed by atoms with Crippen LogP contribution in [0, 0.1) is 22.7 Å². The second kappa shape index (κ2) is 8.74. The van der Waals surface area contributed by atoms with Gasteiger partial charge in [0, 0.05) is 16.3 Å². The molecule has 0 unspecified atom stereocenters. The molecule has 0 fully saturated rings. The molecule has 27 heavy (non-hydrogen) atoms. The van der Waals surface area contributed by atoms with Crippen molar-refractivity contribution < 1.29 is 13.2 Å². The first-order valence-corrected chi connectivity index (χ1v) is 9.63. The van der Waals surface area contributed by atoms with Crippen molar-refractivity contribution in [3.8, 4) is 12.1 Å². The van der Waals surface area contributed by atoms with E-state index in [2.05, 4.69) is 4.72 Å². The first kappa shape index (κ1) is 20.5. The maximum absolute atomic E-state index is 12.6. The molecular formula is C17H12Cl2N4O3S. The van der Waals surface area contributed by atoms with Crippen LogP contribution < -0.4 is 4.72 Å². The van der Waals surface area contributed by atoms with Crippen LogP contribution in [0.3, 0.4) is 0 Å². The molecule has 0 saturated heterocycles. The predicted molar refractivity (Wildman–Crippen MR) is 101 cm³/mol. The lowest BCUT2D eigenvalue weighted by molar-refractivity contribution is 0.0794. The molecule has 0 atom stereocenters. The van der Waals surface area contributed by atoms with Crippen molar-refractivity contribution in [2.24, 2.45) is 0 Å². The Hall–Kier alpha value is -2.78. The van der Waals surface area contributed by atoms with Crippen molar-refractivity contribution in [3.63, 3.8) is 0 Å². The number of amides is 1. The normalized spacial score (nSPS) is 10.5. The summed E-state index contributed by atoms with van der Waals surface area (Å²) in [6, 6.07) is 13.3. The van der Waals surface area contributed by atoms with E-state index in [1.165, 1.54) is 42.5 Å². The fraction of sp³-hybridized carbons (Fsp3) is 0.118. The largest absolute Gasteiger partial charge is 0.312 e. The molecular weight excluding hydrogens is 411 g/mol. The Bertz CT molecular complexity index is 1040. The Morgan fingerprint density at radius 2 is 1.74 bits per heavy atom. The van der Waals surface area contributed by atoms with Gasteiger partial charge in [0.25, 0.3) is 15.9 Å². The third-order valence-electron chi connectivity index (χ3n) is 3.35. The highest BCUT2D eigenvalue weighted by molar-refractivity contribution is 7.92. The van der Waals surface area contributed by atoms with Crippen LogP contribution in [0.2, 0.25) is 10.0 Å². The van der Waals surface area contributed by atoms with Gasteiger partial charge in [0.1, 0.15) is 18.0 Å². The third kappa shape index (κ3) is 5.11. The van der Waals surface area contributed by atoms with Crippen molar-refractivity contribution in [1.82, 2.24) is 4.90 Å². The van der Waals surface area contributed by atoms with Gasteiger partial charge in [0.05, 0.1) is 17.2 Å². The average Bonchev–Trinajstić information content (AvgIpc) is 2.62. The van der Waals surface area contributed by atoms with E-state index in [4.69, 9.17) is 33.7 Å². The number of hydrogen-bond acceptors (Lipinski definition) is 5. The second-order valence-corrected chi connectivity index (χ2v) is 7.73. The molecule has 10 heteroatoms. The molecule has 138 valence electrons. The number of anilines is 1. The van der Waals surface area contributed by atoms with Gasteiger partial charge in [-0.2, -0.15) is 10.5 Å². The molecule has 7 nitrogen and oxygen atoms in total. The lowest BCUT2D eigenvalue weighted by atomic mass is 10.2. The van der Waals surface area contributed by atoms with Gasteiger partial charge < -0.3 is 4.90 Å². The monoisotopic (exact) mass is 422 g/mol. The Labute approximate surface area is 166 Å². The van der Waals surface area contributed by atoms with Crippen LogP contribution in [0.25, 0.3) is 0 Å². The molecule has 0 spiro atoms. The lowest BCUT2D eigenvalue weighted by Crippen LogP contribution is -2.31. The maximum Gasteiger partial charge on any atom is 0.263 e.